The van der Waals surface area contributed by atoms with Crippen molar-refractivity contribution in [2.75, 3.05) is 39.4 Å². The van der Waals surface area contributed by atoms with Crippen LogP contribution >= 0.6 is 8.93 Å². The summed E-state index contributed by atoms with van der Waals surface area (Å²) in [5.41, 5.74) is 6.38. The molecule has 112 valence electrons. The van der Waals surface area contributed by atoms with Gasteiger partial charge in [-0.1, -0.05) is 0 Å². The first kappa shape index (κ1) is 16.8. The second-order valence-corrected chi connectivity index (χ2v) is 13.3. The Kier molecular flexibility index (Phi) is 7.84. The summed E-state index contributed by atoms with van der Waals surface area (Å²) in [5.74, 6) is 1.66. The van der Waals surface area contributed by atoms with Gasteiger partial charge in [0.2, 0.25) is 0 Å². The molecule has 0 heterocycles. The van der Waals surface area contributed by atoms with E-state index in [0.717, 1.165) is 17.9 Å². The molecule has 0 aliphatic carbocycles. The van der Waals surface area contributed by atoms with Gasteiger partial charge in [0, 0.05) is 0 Å². The Morgan fingerprint density at radius 2 is 1.84 bits per heavy atom. The van der Waals surface area contributed by atoms with Gasteiger partial charge in [-0.05, 0) is 0 Å². The fourth-order valence-electron chi connectivity index (χ4n) is 1.32. The Bertz CT molecular complexity index is 368. The van der Waals surface area contributed by atoms with Crippen LogP contribution in [0.5, 0.6) is 5.75 Å². The minimum atomic E-state index is -2.95. The molecule has 0 aliphatic heterocycles. The SMILES string of the molecule is CO[I-](OC)(OC)SCCCOc1cccc(N)c1. The molecule has 0 unspecified atom stereocenters. The first-order valence-electron chi connectivity index (χ1n) is 5.73. The molecule has 1 aromatic rings. The van der Waals surface area contributed by atoms with Gasteiger partial charge in [0.05, 0.1) is 0 Å². The summed E-state index contributed by atoms with van der Waals surface area (Å²) in [6.45, 7) is 0.630. The van der Waals surface area contributed by atoms with Crippen molar-refractivity contribution in [3.63, 3.8) is 0 Å². The maximum absolute atomic E-state index is 5.67. The average Bonchev–Trinajstić information content (AvgIpc) is 2.44. The van der Waals surface area contributed by atoms with Crippen LogP contribution in [0.25, 0.3) is 0 Å². The van der Waals surface area contributed by atoms with Crippen LogP contribution in [0.3, 0.4) is 0 Å². The Hall–Kier alpha value is -0.220. The number of nitrogen functional groups attached to an aromatic ring is 1. The van der Waals surface area contributed by atoms with E-state index in [4.69, 9.17) is 19.7 Å². The molecule has 0 aliphatic rings. The number of nitrogens with two attached hydrogens (primary N) is 1. The van der Waals surface area contributed by atoms with E-state index in [9.17, 15) is 0 Å². The Morgan fingerprint density at radius 3 is 2.42 bits per heavy atom. The van der Waals surface area contributed by atoms with Crippen LogP contribution in [0.15, 0.2) is 24.3 Å². The molecule has 0 spiro atoms. The van der Waals surface area contributed by atoms with E-state index in [-0.39, 0.29) is 0 Å². The van der Waals surface area contributed by atoms with Crippen LogP contribution in [0.1, 0.15) is 6.42 Å². The van der Waals surface area contributed by atoms with Crippen molar-refractivity contribution >= 4 is 14.6 Å². The Labute approximate surface area is 122 Å². The van der Waals surface area contributed by atoms with Crippen molar-refractivity contribution in [2.24, 2.45) is 0 Å². The fraction of sp³-hybridized carbons (Fsp3) is 0.500. The molecule has 0 saturated carbocycles. The molecule has 0 amide bonds. The van der Waals surface area contributed by atoms with Crippen molar-refractivity contribution in [1.29, 1.82) is 0 Å². The molecular weight excluding hydrogens is 381 g/mol. The third kappa shape index (κ3) is 5.74. The summed E-state index contributed by atoms with van der Waals surface area (Å²) in [5, 5.41) is 0. The number of halogens is 1. The quantitative estimate of drug-likeness (QED) is 0.343. The van der Waals surface area contributed by atoms with Crippen LogP contribution in [0.4, 0.5) is 5.69 Å². The summed E-state index contributed by atoms with van der Waals surface area (Å²) in [4.78, 5) is 0. The number of ether oxygens (including phenoxy) is 1. The number of hydrogen-bond donors (Lipinski definition) is 1. The van der Waals surface area contributed by atoms with Crippen LogP contribution in [0, 0.1) is 0 Å². The van der Waals surface area contributed by atoms with Gasteiger partial charge in [-0.25, -0.2) is 0 Å². The summed E-state index contributed by atoms with van der Waals surface area (Å²) < 4.78 is 21.7. The zero-order chi connectivity index (χ0) is 14.1. The van der Waals surface area contributed by atoms with Gasteiger partial charge in [-0.3, -0.25) is 0 Å². The Morgan fingerprint density at radius 1 is 1.16 bits per heavy atom. The molecule has 7 heteroatoms. The molecule has 0 radical (unpaired) electrons. The number of rotatable bonds is 9. The number of hydrogen-bond acceptors (Lipinski definition) is 6. The van der Waals surface area contributed by atoms with E-state index < -0.39 is 18.3 Å². The number of benzene rings is 1. The van der Waals surface area contributed by atoms with Gasteiger partial charge in [-0.15, -0.1) is 0 Å². The van der Waals surface area contributed by atoms with Crippen LogP contribution < -0.4 is 28.8 Å². The van der Waals surface area contributed by atoms with Crippen LogP contribution in [-0.2, 0) is 9.20 Å². The molecule has 1 aromatic carbocycles. The van der Waals surface area contributed by atoms with Crippen LogP contribution in [0.2, 0.25) is 0 Å². The average molecular weight is 402 g/mol. The number of anilines is 1. The molecular formula is C12H21INO4S-. The predicted molar refractivity (Wildman–Crippen MR) is 74.5 cm³/mol. The molecule has 19 heavy (non-hydrogen) atoms. The van der Waals surface area contributed by atoms with Crippen molar-refractivity contribution in [3.05, 3.63) is 24.3 Å². The van der Waals surface area contributed by atoms with Crippen LogP contribution in [-0.4, -0.2) is 33.7 Å². The van der Waals surface area contributed by atoms with E-state index in [1.807, 2.05) is 24.3 Å². The van der Waals surface area contributed by atoms with E-state index in [0.29, 0.717) is 12.3 Å². The fourth-order valence-corrected chi connectivity index (χ4v) is 7.93. The third-order valence-corrected chi connectivity index (χ3v) is 12.3. The molecule has 2 N–H and O–H groups in total. The monoisotopic (exact) mass is 402 g/mol. The Balaban J connectivity index is 2.24. The first-order valence-corrected chi connectivity index (χ1v) is 11.9. The molecule has 0 aromatic heterocycles. The van der Waals surface area contributed by atoms with Gasteiger partial charge in [0.15, 0.2) is 0 Å². The standard InChI is InChI=1S/C12H21INO4S/c1-15-13(16-2,17-3)19-9-5-8-18-12-7-4-6-11(14)10-12/h4,6-7,10H,5,8-9,14H2,1-3H3/q-1. The summed E-state index contributed by atoms with van der Waals surface area (Å²) in [6, 6.07) is 7.42. The predicted octanol–water partition coefficient (Wildman–Crippen LogP) is -0.469. The molecule has 0 atom stereocenters. The zero-order valence-electron chi connectivity index (χ0n) is 11.4. The second kappa shape index (κ2) is 8.85. The van der Waals surface area contributed by atoms with E-state index >= 15 is 0 Å². The minimum absolute atomic E-state index is 0.630. The summed E-state index contributed by atoms with van der Waals surface area (Å²) in [6.07, 6.45) is 0.890. The normalized spacial score (nSPS) is 12.4. The first-order chi connectivity index (χ1) is 9.15. The van der Waals surface area contributed by atoms with Gasteiger partial charge < -0.3 is 0 Å². The maximum atomic E-state index is 5.67. The van der Waals surface area contributed by atoms with Crippen molar-refractivity contribution < 1.29 is 32.2 Å². The van der Waals surface area contributed by atoms with Gasteiger partial charge in [-0.2, -0.15) is 0 Å². The van der Waals surface area contributed by atoms with E-state index in [2.05, 4.69) is 0 Å². The van der Waals surface area contributed by atoms with Gasteiger partial charge >= 0.3 is 123 Å². The van der Waals surface area contributed by atoms with E-state index in [1.54, 1.807) is 30.3 Å². The molecule has 1 rings (SSSR count). The second-order valence-electron chi connectivity index (χ2n) is 3.43. The molecule has 0 fully saturated rings. The van der Waals surface area contributed by atoms with E-state index in [1.165, 1.54) is 0 Å². The molecule has 0 saturated heterocycles. The third-order valence-electron chi connectivity index (χ3n) is 2.19. The zero-order valence-corrected chi connectivity index (χ0v) is 14.4. The topological polar surface area (TPSA) is 62.9 Å². The summed E-state index contributed by atoms with van der Waals surface area (Å²) in [7, 11) is 6.49. The summed E-state index contributed by atoms with van der Waals surface area (Å²) >= 11 is -2.95. The van der Waals surface area contributed by atoms with Crippen molar-refractivity contribution in [2.45, 2.75) is 6.42 Å². The van der Waals surface area contributed by atoms with Gasteiger partial charge in [0.25, 0.3) is 0 Å². The van der Waals surface area contributed by atoms with Gasteiger partial charge in [0.1, 0.15) is 0 Å². The molecule has 0 bridgehead atoms. The van der Waals surface area contributed by atoms with Crippen molar-refractivity contribution in [3.8, 4) is 5.75 Å². The molecule has 5 nitrogen and oxygen atoms in total. The van der Waals surface area contributed by atoms with Crippen molar-refractivity contribution in [1.82, 2.24) is 0 Å².